The smallest absolute Gasteiger partial charge is 0.250 e. The molecule has 1 saturated heterocycles. The van der Waals surface area contributed by atoms with E-state index in [1.54, 1.807) is 0 Å². The monoisotopic (exact) mass is 157 g/mol. The van der Waals surface area contributed by atoms with E-state index in [-0.39, 0.29) is 5.91 Å². The number of hydrogen-bond donors (Lipinski definition) is 2. The normalized spacial score (nSPS) is 19.4. The molecule has 1 amide bonds. The second-order valence-electron chi connectivity index (χ2n) is 3.26. The lowest BCUT2D eigenvalue weighted by Crippen LogP contribution is -2.37. The molecule has 1 aliphatic heterocycles. The molecular weight excluding hydrogens is 142 g/mol. The van der Waals surface area contributed by atoms with Crippen molar-refractivity contribution < 1.29 is 4.79 Å². The molecule has 0 radical (unpaired) electrons. The van der Waals surface area contributed by atoms with Crippen LogP contribution in [0.1, 0.15) is 20.3 Å². The van der Waals surface area contributed by atoms with Gasteiger partial charge in [0.1, 0.15) is 0 Å². The summed E-state index contributed by atoms with van der Waals surface area (Å²) < 4.78 is 0. The molecule has 1 rings (SSSR count). The van der Waals surface area contributed by atoms with Gasteiger partial charge >= 0.3 is 0 Å². The molecular formula is C7H15N3O. The first-order valence-corrected chi connectivity index (χ1v) is 3.98. The predicted molar refractivity (Wildman–Crippen MR) is 42.3 cm³/mol. The average molecular weight is 157 g/mol. The first-order chi connectivity index (χ1) is 5.18. The minimum atomic E-state index is 0.0498. The Morgan fingerprint density at radius 1 is 1.64 bits per heavy atom. The minimum Gasteiger partial charge on any atom is -0.277 e. The fourth-order valence-corrected chi connectivity index (χ4v) is 0.943. The van der Waals surface area contributed by atoms with Crippen LogP contribution < -0.4 is 11.0 Å². The van der Waals surface area contributed by atoms with E-state index in [4.69, 9.17) is 0 Å². The van der Waals surface area contributed by atoms with Crippen molar-refractivity contribution in [2.45, 2.75) is 20.3 Å². The first-order valence-electron chi connectivity index (χ1n) is 3.98. The standard InChI is InChI=1S/C7H15N3O/c1-6(2)3-4-10-5-7(11)8-9-10/h6,9H,3-5H2,1-2H3,(H,8,11). The van der Waals surface area contributed by atoms with Gasteiger partial charge in [0.2, 0.25) is 0 Å². The highest BCUT2D eigenvalue weighted by Gasteiger charge is 2.16. The Labute approximate surface area is 66.9 Å². The van der Waals surface area contributed by atoms with Gasteiger partial charge in [-0.3, -0.25) is 10.2 Å². The van der Waals surface area contributed by atoms with Crippen LogP contribution in [0.2, 0.25) is 0 Å². The summed E-state index contributed by atoms with van der Waals surface area (Å²) in [6, 6.07) is 0. The predicted octanol–water partition coefficient (Wildman–Crippen LogP) is -0.116. The van der Waals surface area contributed by atoms with Crippen LogP contribution in [0.5, 0.6) is 0 Å². The molecule has 64 valence electrons. The second kappa shape index (κ2) is 3.69. The van der Waals surface area contributed by atoms with Crippen molar-refractivity contribution >= 4 is 5.91 Å². The van der Waals surface area contributed by atoms with Crippen LogP contribution >= 0.6 is 0 Å². The number of nitrogens with zero attached hydrogens (tertiary/aromatic N) is 1. The van der Waals surface area contributed by atoms with E-state index in [2.05, 4.69) is 24.8 Å². The van der Waals surface area contributed by atoms with Crippen LogP contribution in [-0.2, 0) is 4.79 Å². The maximum atomic E-state index is 10.7. The van der Waals surface area contributed by atoms with E-state index >= 15 is 0 Å². The summed E-state index contributed by atoms with van der Waals surface area (Å²) in [7, 11) is 0. The van der Waals surface area contributed by atoms with E-state index in [0.717, 1.165) is 13.0 Å². The highest BCUT2D eigenvalue weighted by atomic mass is 16.2. The fraction of sp³-hybridized carbons (Fsp3) is 0.857. The van der Waals surface area contributed by atoms with Crippen molar-refractivity contribution in [3.8, 4) is 0 Å². The molecule has 0 unspecified atom stereocenters. The van der Waals surface area contributed by atoms with Gasteiger partial charge in [0.15, 0.2) is 0 Å². The lowest BCUT2D eigenvalue weighted by molar-refractivity contribution is -0.118. The molecule has 1 fully saturated rings. The third-order valence-electron chi connectivity index (χ3n) is 1.66. The largest absolute Gasteiger partial charge is 0.277 e. The van der Waals surface area contributed by atoms with Gasteiger partial charge in [0.25, 0.3) is 5.91 Å². The highest BCUT2D eigenvalue weighted by Crippen LogP contribution is 2.00. The minimum absolute atomic E-state index is 0.0498. The Morgan fingerprint density at radius 3 is 2.82 bits per heavy atom. The second-order valence-corrected chi connectivity index (χ2v) is 3.26. The molecule has 4 nitrogen and oxygen atoms in total. The van der Waals surface area contributed by atoms with Crippen molar-refractivity contribution in [1.82, 2.24) is 16.0 Å². The van der Waals surface area contributed by atoms with E-state index in [1.807, 2.05) is 5.01 Å². The van der Waals surface area contributed by atoms with E-state index in [1.165, 1.54) is 0 Å². The summed E-state index contributed by atoms with van der Waals surface area (Å²) in [5.74, 6) is 0.737. The number of carbonyl (C=O) groups excluding carboxylic acids is 1. The number of hydrazine groups is 2. The van der Waals surface area contributed by atoms with Gasteiger partial charge in [-0.25, -0.2) is 5.01 Å². The van der Waals surface area contributed by atoms with E-state index in [9.17, 15) is 4.79 Å². The molecule has 0 spiro atoms. The molecule has 0 saturated carbocycles. The summed E-state index contributed by atoms with van der Waals surface area (Å²) in [6.07, 6.45) is 1.11. The molecule has 0 aliphatic carbocycles. The zero-order chi connectivity index (χ0) is 8.27. The van der Waals surface area contributed by atoms with Gasteiger partial charge in [-0.15, -0.1) is 0 Å². The van der Waals surface area contributed by atoms with Crippen LogP contribution in [0, 0.1) is 5.92 Å². The molecule has 0 aromatic heterocycles. The third kappa shape index (κ3) is 2.86. The third-order valence-corrected chi connectivity index (χ3v) is 1.66. The van der Waals surface area contributed by atoms with Crippen molar-refractivity contribution in [1.29, 1.82) is 0 Å². The fourth-order valence-electron chi connectivity index (χ4n) is 0.943. The Balaban J connectivity index is 2.13. The van der Waals surface area contributed by atoms with Crippen molar-refractivity contribution in [3.63, 3.8) is 0 Å². The summed E-state index contributed by atoms with van der Waals surface area (Å²) >= 11 is 0. The highest BCUT2D eigenvalue weighted by molar-refractivity contribution is 5.78. The molecule has 0 aromatic carbocycles. The van der Waals surface area contributed by atoms with Crippen LogP contribution in [0.4, 0.5) is 0 Å². The van der Waals surface area contributed by atoms with Gasteiger partial charge < -0.3 is 0 Å². The van der Waals surface area contributed by atoms with Crippen molar-refractivity contribution in [3.05, 3.63) is 0 Å². The average Bonchev–Trinajstić information content (AvgIpc) is 2.31. The molecule has 11 heavy (non-hydrogen) atoms. The van der Waals surface area contributed by atoms with Crippen LogP contribution in [0.15, 0.2) is 0 Å². The van der Waals surface area contributed by atoms with Crippen LogP contribution in [-0.4, -0.2) is 24.0 Å². The van der Waals surface area contributed by atoms with Crippen molar-refractivity contribution in [2.75, 3.05) is 13.1 Å². The molecule has 0 aromatic rings. The Morgan fingerprint density at radius 2 is 2.36 bits per heavy atom. The number of carbonyl (C=O) groups is 1. The number of rotatable bonds is 3. The summed E-state index contributed by atoms with van der Waals surface area (Å²) in [6.45, 7) is 5.75. The van der Waals surface area contributed by atoms with E-state index in [0.29, 0.717) is 12.5 Å². The SMILES string of the molecule is CC(C)CCN1CC(=O)NN1. The lowest BCUT2D eigenvalue weighted by atomic mass is 10.1. The Kier molecular flexibility index (Phi) is 2.84. The summed E-state index contributed by atoms with van der Waals surface area (Å²) in [5.41, 5.74) is 5.33. The van der Waals surface area contributed by atoms with Gasteiger partial charge in [-0.2, -0.15) is 5.53 Å². The molecule has 4 heteroatoms. The first kappa shape index (κ1) is 8.49. The molecule has 1 heterocycles. The Bertz CT molecular complexity index is 147. The molecule has 0 bridgehead atoms. The van der Waals surface area contributed by atoms with Crippen LogP contribution in [0.25, 0.3) is 0 Å². The zero-order valence-electron chi connectivity index (χ0n) is 7.05. The summed E-state index contributed by atoms with van der Waals surface area (Å²) in [4.78, 5) is 10.7. The zero-order valence-corrected chi connectivity index (χ0v) is 7.05. The van der Waals surface area contributed by atoms with Gasteiger partial charge in [0.05, 0.1) is 6.54 Å². The summed E-state index contributed by atoms with van der Waals surface area (Å²) in [5, 5.41) is 1.89. The topological polar surface area (TPSA) is 44.4 Å². The number of amides is 1. The lowest BCUT2D eigenvalue weighted by Gasteiger charge is -2.13. The van der Waals surface area contributed by atoms with Crippen molar-refractivity contribution in [2.24, 2.45) is 5.92 Å². The van der Waals surface area contributed by atoms with Gasteiger partial charge in [-0.1, -0.05) is 13.8 Å². The molecule has 2 N–H and O–H groups in total. The van der Waals surface area contributed by atoms with Gasteiger partial charge in [0, 0.05) is 6.54 Å². The number of hydrogen-bond acceptors (Lipinski definition) is 3. The van der Waals surface area contributed by atoms with Gasteiger partial charge in [-0.05, 0) is 12.3 Å². The molecule has 1 aliphatic rings. The maximum Gasteiger partial charge on any atom is 0.250 e. The molecule has 0 atom stereocenters. The Hall–Kier alpha value is -0.610. The maximum absolute atomic E-state index is 10.7. The van der Waals surface area contributed by atoms with Crippen LogP contribution in [0.3, 0.4) is 0 Å². The quantitative estimate of drug-likeness (QED) is 0.600. The van der Waals surface area contributed by atoms with E-state index < -0.39 is 0 Å². The number of nitrogens with one attached hydrogen (secondary N) is 2.